The molecule has 288 valence electrons. The molecule has 4 rings (SSSR count). The summed E-state index contributed by atoms with van der Waals surface area (Å²) < 4.78 is 32.2. The van der Waals surface area contributed by atoms with Gasteiger partial charge in [-0.1, -0.05) is 43.3 Å². The Morgan fingerprint density at radius 1 is 0.611 bits per heavy atom. The van der Waals surface area contributed by atoms with Crippen molar-refractivity contribution in [3.63, 3.8) is 0 Å². The third kappa shape index (κ3) is 15.4. The van der Waals surface area contributed by atoms with Gasteiger partial charge in [-0.3, -0.25) is 9.59 Å². The van der Waals surface area contributed by atoms with Gasteiger partial charge < -0.3 is 39.1 Å². The van der Waals surface area contributed by atoms with Gasteiger partial charge in [0.1, 0.15) is 11.5 Å². The largest absolute Gasteiger partial charge is 0.494 e. The van der Waals surface area contributed by atoms with E-state index in [9.17, 15) is 9.59 Å². The van der Waals surface area contributed by atoms with Crippen LogP contribution in [0.4, 0.5) is 0 Å². The van der Waals surface area contributed by atoms with Crippen LogP contribution in [0.3, 0.4) is 0 Å². The van der Waals surface area contributed by atoms with E-state index >= 15 is 0 Å². The van der Waals surface area contributed by atoms with Crippen molar-refractivity contribution in [2.24, 2.45) is 0 Å². The standard InChI is InChI=1S/2C22H27NO4/c1-16(2)27-19-9-5-17(6-10-19)13-14-23-22(24)12-8-18-7-11-20(25-3)21(15-18)26-4;1-4-14-27-19-7-5-6-17(15-19)12-13-23-22(24)11-9-18-8-10-20(25-2)21(16-18)26-3/h5-12,15-16H,13-14H2,1-4H3,(H,23,24);5-11,15-16H,4,12-14H2,1-3H3,(H,23,24)/b12-8+;11-9+. The summed E-state index contributed by atoms with van der Waals surface area (Å²) in [6.45, 7) is 7.92. The minimum Gasteiger partial charge on any atom is -0.494 e. The van der Waals surface area contributed by atoms with Crippen molar-refractivity contribution in [2.45, 2.75) is 46.1 Å². The second kappa shape index (κ2) is 23.6. The van der Waals surface area contributed by atoms with Crippen LogP contribution in [-0.4, -0.2) is 66.1 Å². The molecule has 0 heterocycles. The molecule has 0 atom stereocenters. The third-order valence-electron chi connectivity index (χ3n) is 7.76. The van der Waals surface area contributed by atoms with Crippen LogP contribution in [0.25, 0.3) is 12.2 Å². The molecule has 10 nitrogen and oxygen atoms in total. The van der Waals surface area contributed by atoms with E-state index in [1.54, 1.807) is 40.6 Å². The van der Waals surface area contributed by atoms with E-state index < -0.39 is 0 Å². The average molecular weight is 739 g/mol. The molecule has 0 spiro atoms. The lowest BCUT2D eigenvalue weighted by Gasteiger charge is -2.10. The van der Waals surface area contributed by atoms with Crippen molar-refractivity contribution in [1.29, 1.82) is 0 Å². The smallest absolute Gasteiger partial charge is 0.244 e. The molecule has 0 radical (unpaired) electrons. The molecule has 4 aromatic carbocycles. The van der Waals surface area contributed by atoms with Gasteiger partial charge in [-0.25, -0.2) is 0 Å². The van der Waals surface area contributed by atoms with Crippen LogP contribution in [0.15, 0.2) is 97.1 Å². The van der Waals surface area contributed by atoms with E-state index in [4.69, 9.17) is 28.4 Å². The summed E-state index contributed by atoms with van der Waals surface area (Å²) in [7, 11) is 6.35. The summed E-state index contributed by atoms with van der Waals surface area (Å²) in [5.41, 5.74) is 4.01. The lowest BCUT2D eigenvalue weighted by molar-refractivity contribution is -0.117. The van der Waals surface area contributed by atoms with Crippen LogP contribution in [-0.2, 0) is 22.4 Å². The van der Waals surface area contributed by atoms with Gasteiger partial charge in [0.2, 0.25) is 11.8 Å². The van der Waals surface area contributed by atoms with Gasteiger partial charge in [0.05, 0.1) is 41.2 Å². The van der Waals surface area contributed by atoms with Gasteiger partial charge >= 0.3 is 0 Å². The molecule has 54 heavy (non-hydrogen) atoms. The van der Waals surface area contributed by atoms with E-state index in [-0.39, 0.29) is 17.9 Å². The Morgan fingerprint density at radius 2 is 1.13 bits per heavy atom. The molecule has 2 amide bonds. The highest BCUT2D eigenvalue weighted by atomic mass is 16.5. The maximum atomic E-state index is 12.0. The van der Waals surface area contributed by atoms with E-state index in [1.165, 1.54) is 12.2 Å². The first-order valence-electron chi connectivity index (χ1n) is 18.0. The molecule has 0 aromatic heterocycles. The maximum Gasteiger partial charge on any atom is 0.244 e. The number of amides is 2. The van der Waals surface area contributed by atoms with Crippen molar-refractivity contribution in [1.82, 2.24) is 10.6 Å². The van der Waals surface area contributed by atoms with Gasteiger partial charge in [-0.05, 0) is 116 Å². The summed E-state index contributed by atoms with van der Waals surface area (Å²) in [6.07, 6.45) is 9.17. The Balaban J connectivity index is 0.000000290. The minimum absolute atomic E-state index is 0.135. The number of carbonyl (C=O) groups is 2. The Hall–Kier alpha value is -5.90. The van der Waals surface area contributed by atoms with Gasteiger partial charge in [-0.15, -0.1) is 0 Å². The Labute approximate surface area is 320 Å². The first kappa shape index (κ1) is 42.5. The second-order valence-electron chi connectivity index (χ2n) is 12.3. The SMILES string of the molecule is CCCOc1cccc(CCNC(=O)/C=C/c2ccc(OC)c(OC)c2)c1.COc1ccc(/C=C/C(=O)NCCc2ccc(OC(C)C)cc2)cc1OC. The van der Waals surface area contributed by atoms with E-state index in [2.05, 4.69) is 17.6 Å². The topological polar surface area (TPSA) is 114 Å². The molecule has 0 saturated carbocycles. The number of rotatable bonds is 19. The molecule has 0 fully saturated rings. The van der Waals surface area contributed by atoms with Crippen molar-refractivity contribution in [3.8, 4) is 34.5 Å². The monoisotopic (exact) mass is 738 g/mol. The van der Waals surface area contributed by atoms with Crippen molar-refractivity contribution >= 4 is 24.0 Å². The lowest BCUT2D eigenvalue weighted by atomic mass is 10.1. The lowest BCUT2D eigenvalue weighted by Crippen LogP contribution is -2.23. The quantitative estimate of drug-likeness (QED) is 0.0941. The second-order valence-corrected chi connectivity index (χ2v) is 12.3. The molecule has 0 aliphatic rings. The Kier molecular flexibility index (Phi) is 18.6. The molecular weight excluding hydrogens is 684 g/mol. The van der Waals surface area contributed by atoms with Crippen LogP contribution < -0.4 is 39.1 Å². The summed E-state index contributed by atoms with van der Waals surface area (Å²) in [4.78, 5) is 24.0. The van der Waals surface area contributed by atoms with Crippen LogP contribution in [0, 0.1) is 0 Å². The summed E-state index contributed by atoms with van der Waals surface area (Å²) in [6, 6.07) is 26.9. The van der Waals surface area contributed by atoms with Gasteiger partial charge in [0, 0.05) is 25.2 Å². The van der Waals surface area contributed by atoms with E-state index in [0.717, 1.165) is 53.0 Å². The molecule has 10 heteroatoms. The number of ether oxygens (including phenoxy) is 6. The molecule has 0 unspecified atom stereocenters. The fourth-order valence-electron chi connectivity index (χ4n) is 5.05. The minimum atomic E-state index is -0.136. The highest BCUT2D eigenvalue weighted by molar-refractivity contribution is 5.92. The first-order valence-corrected chi connectivity index (χ1v) is 18.0. The Bertz CT molecular complexity index is 1800. The highest BCUT2D eigenvalue weighted by Crippen LogP contribution is 2.29. The molecule has 2 N–H and O–H groups in total. The van der Waals surface area contributed by atoms with Crippen molar-refractivity contribution in [3.05, 3.63) is 119 Å². The zero-order valence-electron chi connectivity index (χ0n) is 32.5. The third-order valence-corrected chi connectivity index (χ3v) is 7.76. The number of benzene rings is 4. The number of carbonyl (C=O) groups excluding carboxylic acids is 2. The fraction of sp³-hybridized carbons (Fsp3) is 0.318. The van der Waals surface area contributed by atoms with Gasteiger partial charge in [0.25, 0.3) is 0 Å². The summed E-state index contributed by atoms with van der Waals surface area (Å²) in [5.74, 6) is 4.03. The molecule has 0 aliphatic carbocycles. The summed E-state index contributed by atoms with van der Waals surface area (Å²) >= 11 is 0. The zero-order valence-corrected chi connectivity index (χ0v) is 32.5. The van der Waals surface area contributed by atoms with Crippen LogP contribution in [0.1, 0.15) is 49.4 Å². The highest BCUT2D eigenvalue weighted by Gasteiger charge is 2.06. The molecule has 0 saturated heterocycles. The first-order chi connectivity index (χ1) is 26.2. The molecule has 0 bridgehead atoms. The van der Waals surface area contributed by atoms with E-state index in [0.29, 0.717) is 42.7 Å². The van der Waals surface area contributed by atoms with Gasteiger partial charge in [0.15, 0.2) is 23.0 Å². The van der Waals surface area contributed by atoms with Gasteiger partial charge in [-0.2, -0.15) is 0 Å². The molecule has 0 aliphatic heterocycles. The maximum absolute atomic E-state index is 12.0. The average Bonchev–Trinajstić information content (AvgIpc) is 3.19. The predicted molar refractivity (Wildman–Crippen MR) is 215 cm³/mol. The number of hydrogen-bond acceptors (Lipinski definition) is 8. The molecular formula is C44H54N2O8. The number of nitrogens with one attached hydrogen (secondary N) is 2. The van der Waals surface area contributed by atoms with Crippen LogP contribution >= 0.6 is 0 Å². The van der Waals surface area contributed by atoms with Crippen LogP contribution in [0.5, 0.6) is 34.5 Å². The van der Waals surface area contributed by atoms with Crippen molar-refractivity contribution in [2.75, 3.05) is 48.1 Å². The number of methoxy groups -OCH3 is 4. The predicted octanol–water partition coefficient (Wildman–Crippen LogP) is 7.73. The zero-order chi connectivity index (χ0) is 39.1. The molecule has 4 aromatic rings. The van der Waals surface area contributed by atoms with Crippen molar-refractivity contribution < 1.29 is 38.0 Å². The van der Waals surface area contributed by atoms with E-state index in [1.807, 2.05) is 98.8 Å². The normalized spacial score (nSPS) is 10.7. The van der Waals surface area contributed by atoms with Crippen LogP contribution in [0.2, 0.25) is 0 Å². The fourth-order valence-corrected chi connectivity index (χ4v) is 5.05. The summed E-state index contributed by atoms with van der Waals surface area (Å²) in [5, 5.41) is 5.78. The number of hydrogen-bond donors (Lipinski definition) is 2. The Morgan fingerprint density at radius 3 is 1.61 bits per heavy atom.